The lowest BCUT2D eigenvalue weighted by atomic mass is 9.37. The molecule has 0 heterocycles. The zero-order valence-corrected chi connectivity index (χ0v) is 17.9. The molecule has 0 N–H and O–H groups in total. The highest BCUT2D eigenvalue weighted by Crippen LogP contribution is 2.73. The van der Waals surface area contributed by atoms with E-state index < -0.39 is 45.5 Å². The number of hydrogen-bond acceptors (Lipinski definition) is 8. The first-order chi connectivity index (χ1) is 14.2. The molecule has 8 nitrogen and oxygen atoms in total. The second-order valence-electron chi connectivity index (χ2n) is 9.21. The molecular weight excluding hydrogens is 392 g/mol. The van der Waals surface area contributed by atoms with E-state index in [2.05, 4.69) is 0 Å². The molecule has 4 atom stereocenters. The Morgan fingerprint density at radius 2 is 0.700 bits per heavy atom. The summed E-state index contributed by atoms with van der Waals surface area (Å²) in [6, 6.07) is 0. The van der Waals surface area contributed by atoms with Crippen LogP contribution in [0.25, 0.3) is 0 Å². The SMILES string of the molecule is COC(=O)C12CCC1(C(=O)OC)CC1=C(C2)CC2(C(=O)OC)CCC2(C(=O)OC)C1. The van der Waals surface area contributed by atoms with Crippen LogP contribution in [0.4, 0.5) is 0 Å². The molecule has 30 heavy (non-hydrogen) atoms. The second kappa shape index (κ2) is 6.56. The van der Waals surface area contributed by atoms with Crippen LogP contribution in [0.15, 0.2) is 11.1 Å². The van der Waals surface area contributed by atoms with Gasteiger partial charge in [-0.2, -0.15) is 0 Å². The van der Waals surface area contributed by atoms with Crippen LogP contribution in [-0.4, -0.2) is 52.3 Å². The second-order valence-corrected chi connectivity index (χ2v) is 9.21. The predicted molar refractivity (Wildman–Crippen MR) is 102 cm³/mol. The zero-order chi connectivity index (χ0) is 21.9. The Bertz CT molecular complexity index is 736. The summed E-state index contributed by atoms with van der Waals surface area (Å²) < 4.78 is 20.4. The first-order valence-corrected chi connectivity index (χ1v) is 10.3. The summed E-state index contributed by atoms with van der Waals surface area (Å²) in [6.07, 6.45) is 3.44. The van der Waals surface area contributed by atoms with Gasteiger partial charge in [0.25, 0.3) is 0 Å². The van der Waals surface area contributed by atoms with E-state index in [1.165, 1.54) is 28.4 Å². The lowest BCUT2D eigenvalue weighted by Gasteiger charge is -2.64. The number of hydrogen-bond donors (Lipinski definition) is 0. The van der Waals surface area contributed by atoms with Crippen LogP contribution in [0.5, 0.6) is 0 Å². The molecule has 0 aromatic carbocycles. The van der Waals surface area contributed by atoms with E-state index >= 15 is 0 Å². The fourth-order valence-corrected chi connectivity index (χ4v) is 6.83. The Morgan fingerprint density at radius 3 is 0.833 bits per heavy atom. The van der Waals surface area contributed by atoms with Crippen LogP contribution in [0.1, 0.15) is 51.4 Å². The van der Waals surface area contributed by atoms with Gasteiger partial charge >= 0.3 is 23.9 Å². The quantitative estimate of drug-likeness (QED) is 0.387. The Balaban J connectivity index is 1.83. The summed E-state index contributed by atoms with van der Waals surface area (Å²) in [5, 5.41) is 0. The first-order valence-electron chi connectivity index (χ1n) is 10.3. The lowest BCUT2D eigenvalue weighted by Crippen LogP contribution is -2.66. The minimum absolute atomic E-state index is 0.333. The van der Waals surface area contributed by atoms with Crippen LogP contribution in [0, 0.1) is 21.7 Å². The molecule has 0 aliphatic heterocycles. The fraction of sp³-hybridized carbons (Fsp3) is 0.727. The van der Waals surface area contributed by atoms with E-state index in [4.69, 9.17) is 18.9 Å². The molecule has 4 aliphatic rings. The van der Waals surface area contributed by atoms with Crippen molar-refractivity contribution in [1.29, 1.82) is 0 Å². The van der Waals surface area contributed by atoms with Crippen LogP contribution in [0.3, 0.4) is 0 Å². The molecule has 0 radical (unpaired) electrons. The van der Waals surface area contributed by atoms with Gasteiger partial charge in [-0.25, -0.2) is 0 Å². The topological polar surface area (TPSA) is 105 Å². The minimum Gasteiger partial charge on any atom is -0.469 e. The third-order valence-corrected chi connectivity index (χ3v) is 8.65. The van der Waals surface area contributed by atoms with Gasteiger partial charge in [0.2, 0.25) is 0 Å². The number of fused-ring (bicyclic) bond motifs is 2. The van der Waals surface area contributed by atoms with E-state index in [1.54, 1.807) is 0 Å². The van der Waals surface area contributed by atoms with Crippen molar-refractivity contribution >= 4 is 23.9 Å². The maximum Gasteiger partial charge on any atom is 0.313 e. The molecule has 4 rings (SSSR count). The zero-order valence-electron chi connectivity index (χ0n) is 17.9. The molecule has 0 bridgehead atoms. The third kappa shape index (κ3) is 2.12. The smallest absolute Gasteiger partial charge is 0.313 e. The van der Waals surface area contributed by atoms with Crippen LogP contribution in [0.2, 0.25) is 0 Å². The molecule has 0 saturated heterocycles. The van der Waals surface area contributed by atoms with Crippen molar-refractivity contribution in [3.8, 4) is 0 Å². The predicted octanol–water partition coefficient (Wildman–Crippen LogP) is 2.10. The molecule has 0 amide bonds. The van der Waals surface area contributed by atoms with E-state index in [0.29, 0.717) is 51.4 Å². The Morgan fingerprint density at radius 1 is 0.500 bits per heavy atom. The van der Waals surface area contributed by atoms with Gasteiger partial charge in [-0.05, 0) is 51.4 Å². The minimum atomic E-state index is -0.986. The number of methoxy groups -OCH3 is 4. The van der Waals surface area contributed by atoms with Crippen LogP contribution < -0.4 is 0 Å². The average molecular weight is 420 g/mol. The largest absolute Gasteiger partial charge is 0.469 e. The van der Waals surface area contributed by atoms with Gasteiger partial charge in [-0.1, -0.05) is 11.1 Å². The van der Waals surface area contributed by atoms with E-state index in [-0.39, 0.29) is 0 Å². The molecule has 0 aromatic rings. The first kappa shape index (κ1) is 20.9. The number of carbonyl (C=O) groups excluding carboxylic acids is 4. The van der Waals surface area contributed by atoms with E-state index in [9.17, 15) is 19.2 Å². The molecule has 8 heteroatoms. The summed E-state index contributed by atoms with van der Waals surface area (Å²) >= 11 is 0. The molecule has 0 aromatic heterocycles. The van der Waals surface area contributed by atoms with Crippen molar-refractivity contribution in [2.24, 2.45) is 21.7 Å². The Kier molecular flexibility index (Phi) is 4.56. The number of esters is 4. The molecule has 2 fully saturated rings. The summed E-state index contributed by atoms with van der Waals surface area (Å²) in [5.74, 6) is -1.68. The Hall–Kier alpha value is -2.38. The van der Waals surface area contributed by atoms with Crippen molar-refractivity contribution in [3.05, 3.63) is 11.1 Å². The monoisotopic (exact) mass is 420 g/mol. The molecule has 2 saturated carbocycles. The highest BCUT2D eigenvalue weighted by Gasteiger charge is 2.75. The molecular formula is C22H28O8. The molecule has 0 spiro atoms. The Labute approximate surface area is 175 Å². The maximum absolute atomic E-state index is 12.9. The molecule has 4 aliphatic carbocycles. The van der Waals surface area contributed by atoms with Crippen molar-refractivity contribution in [3.63, 3.8) is 0 Å². The fourth-order valence-electron chi connectivity index (χ4n) is 6.83. The van der Waals surface area contributed by atoms with E-state index in [1.807, 2.05) is 0 Å². The van der Waals surface area contributed by atoms with Gasteiger partial charge in [0, 0.05) is 0 Å². The van der Waals surface area contributed by atoms with Gasteiger partial charge in [0.05, 0.1) is 50.1 Å². The van der Waals surface area contributed by atoms with Crippen molar-refractivity contribution in [2.75, 3.05) is 28.4 Å². The third-order valence-electron chi connectivity index (χ3n) is 8.65. The van der Waals surface area contributed by atoms with Crippen molar-refractivity contribution in [1.82, 2.24) is 0 Å². The number of ether oxygens (including phenoxy) is 4. The molecule has 164 valence electrons. The van der Waals surface area contributed by atoms with Crippen LogP contribution in [-0.2, 0) is 38.1 Å². The van der Waals surface area contributed by atoms with Gasteiger partial charge in [-0.3, -0.25) is 19.2 Å². The van der Waals surface area contributed by atoms with Gasteiger partial charge in [0.15, 0.2) is 0 Å². The standard InChI is InChI=1S/C22H28O8/c1-27-15(23)19-5-6-20(19,16(24)28-2)10-14-12-22(18(26)30-4)8-7-21(22,17(25)29-3)11-13(14)9-19/h5-12H2,1-4H3. The van der Waals surface area contributed by atoms with Gasteiger partial charge < -0.3 is 18.9 Å². The average Bonchev–Trinajstić information content (AvgIpc) is 2.74. The highest BCUT2D eigenvalue weighted by molar-refractivity contribution is 5.94. The molecule has 4 unspecified atom stereocenters. The van der Waals surface area contributed by atoms with E-state index in [0.717, 1.165) is 11.1 Å². The highest BCUT2D eigenvalue weighted by atomic mass is 16.5. The van der Waals surface area contributed by atoms with Gasteiger partial charge in [-0.15, -0.1) is 0 Å². The lowest BCUT2D eigenvalue weighted by molar-refractivity contribution is -0.207. The normalized spacial score (nSPS) is 38.5. The maximum atomic E-state index is 12.9. The summed E-state index contributed by atoms with van der Waals surface area (Å²) in [7, 11) is 5.30. The van der Waals surface area contributed by atoms with Gasteiger partial charge in [0.1, 0.15) is 0 Å². The summed E-state index contributed by atoms with van der Waals surface area (Å²) in [6.45, 7) is 0. The number of allylic oxidation sites excluding steroid dienone is 2. The number of rotatable bonds is 4. The summed E-state index contributed by atoms with van der Waals surface area (Å²) in [4.78, 5) is 51.5. The number of carbonyl (C=O) groups is 4. The van der Waals surface area contributed by atoms with Crippen molar-refractivity contribution in [2.45, 2.75) is 51.4 Å². The van der Waals surface area contributed by atoms with Crippen molar-refractivity contribution < 1.29 is 38.1 Å². The summed E-state index contributed by atoms with van der Waals surface area (Å²) in [5.41, 5.74) is -2.02. The van der Waals surface area contributed by atoms with Crippen LogP contribution >= 0.6 is 0 Å².